The van der Waals surface area contributed by atoms with E-state index in [1.54, 1.807) is 6.92 Å². The highest BCUT2D eigenvalue weighted by Gasteiger charge is 2.11. The van der Waals surface area contributed by atoms with Gasteiger partial charge in [0.1, 0.15) is 0 Å². The van der Waals surface area contributed by atoms with Crippen LogP contribution in [0.2, 0.25) is 0 Å². The van der Waals surface area contributed by atoms with Crippen LogP contribution < -0.4 is 11.1 Å². The van der Waals surface area contributed by atoms with Crippen LogP contribution >= 0.6 is 0 Å². The van der Waals surface area contributed by atoms with Crippen LogP contribution in [0.4, 0.5) is 0 Å². The number of nitrogens with zero attached hydrogens (tertiary/aromatic N) is 2. The average Bonchev–Trinajstić information content (AvgIpc) is 3.17. The standard InChI is InChI=1S/C22H34N4O2/c1-3-4-5-6-7-8-9-10-11-18-12-14-19(15-13-18)21-25-20(28-26-21)16-24-22(27)17(2)23/h12-15,17H,3-11,16,23H2,1-2H3,(H,24,27). The fourth-order valence-electron chi connectivity index (χ4n) is 3.05. The number of unbranched alkanes of at least 4 members (excludes halogenated alkanes) is 7. The maximum Gasteiger partial charge on any atom is 0.246 e. The van der Waals surface area contributed by atoms with Crippen molar-refractivity contribution in [3.8, 4) is 11.4 Å². The lowest BCUT2D eigenvalue weighted by molar-refractivity contribution is -0.122. The van der Waals surface area contributed by atoms with Gasteiger partial charge in [-0.2, -0.15) is 4.98 Å². The molecule has 0 aliphatic carbocycles. The second kappa shape index (κ2) is 12.3. The van der Waals surface area contributed by atoms with E-state index in [4.69, 9.17) is 10.3 Å². The Morgan fingerprint density at radius 3 is 2.36 bits per heavy atom. The van der Waals surface area contributed by atoms with Crippen LogP contribution in [0.25, 0.3) is 11.4 Å². The molecule has 6 nitrogen and oxygen atoms in total. The molecule has 154 valence electrons. The molecule has 0 radical (unpaired) electrons. The first-order valence-corrected chi connectivity index (χ1v) is 10.6. The molecule has 3 N–H and O–H groups in total. The lowest BCUT2D eigenvalue weighted by atomic mass is 10.0. The Morgan fingerprint density at radius 1 is 1.07 bits per heavy atom. The van der Waals surface area contributed by atoms with Crippen molar-refractivity contribution < 1.29 is 9.32 Å². The number of amides is 1. The third-order valence-electron chi connectivity index (χ3n) is 4.83. The lowest BCUT2D eigenvalue weighted by Gasteiger charge is -2.04. The second-order valence-corrected chi connectivity index (χ2v) is 7.44. The molecule has 0 aliphatic heterocycles. The molecule has 0 bridgehead atoms. The van der Waals surface area contributed by atoms with Gasteiger partial charge < -0.3 is 15.6 Å². The Balaban J connectivity index is 1.71. The fraction of sp³-hybridized carbons (Fsp3) is 0.591. The van der Waals surface area contributed by atoms with Gasteiger partial charge in [0.25, 0.3) is 0 Å². The van der Waals surface area contributed by atoms with E-state index in [0.717, 1.165) is 12.0 Å². The van der Waals surface area contributed by atoms with Gasteiger partial charge in [-0.25, -0.2) is 0 Å². The van der Waals surface area contributed by atoms with Crippen molar-refractivity contribution in [1.82, 2.24) is 15.5 Å². The zero-order valence-electron chi connectivity index (χ0n) is 17.2. The van der Waals surface area contributed by atoms with E-state index in [-0.39, 0.29) is 12.5 Å². The van der Waals surface area contributed by atoms with E-state index in [2.05, 4.69) is 34.5 Å². The zero-order valence-corrected chi connectivity index (χ0v) is 17.2. The van der Waals surface area contributed by atoms with Crippen LogP contribution in [0.1, 0.15) is 76.7 Å². The number of hydrogen-bond donors (Lipinski definition) is 2. The average molecular weight is 387 g/mol. The highest BCUT2D eigenvalue weighted by atomic mass is 16.5. The molecule has 6 heteroatoms. The summed E-state index contributed by atoms with van der Waals surface area (Å²) in [6.07, 6.45) is 11.8. The molecule has 1 aromatic carbocycles. The Bertz CT molecular complexity index is 695. The maximum absolute atomic E-state index is 11.5. The molecule has 1 unspecified atom stereocenters. The SMILES string of the molecule is CCCCCCCCCCc1ccc(-c2noc(CNC(=O)C(C)N)n2)cc1. The summed E-state index contributed by atoms with van der Waals surface area (Å²) in [5.41, 5.74) is 7.75. The quantitative estimate of drug-likeness (QED) is 0.498. The number of carbonyl (C=O) groups excluding carboxylic acids is 1. The highest BCUT2D eigenvalue weighted by molar-refractivity contribution is 5.80. The van der Waals surface area contributed by atoms with Crippen LogP contribution in [0.15, 0.2) is 28.8 Å². The first-order valence-electron chi connectivity index (χ1n) is 10.6. The third kappa shape index (κ3) is 7.80. The number of nitrogens with two attached hydrogens (primary N) is 1. The normalized spacial score (nSPS) is 12.1. The minimum Gasteiger partial charge on any atom is -0.346 e. The summed E-state index contributed by atoms with van der Waals surface area (Å²) in [6, 6.07) is 7.75. The number of nitrogens with one attached hydrogen (secondary N) is 1. The largest absolute Gasteiger partial charge is 0.346 e. The highest BCUT2D eigenvalue weighted by Crippen LogP contribution is 2.18. The number of aromatic nitrogens is 2. The van der Waals surface area contributed by atoms with E-state index in [0.29, 0.717) is 11.7 Å². The van der Waals surface area contributed by atoms with Crippen LogP contribution in [-0.2, 0) is 17.8 Å². The van der Waals surface area contributed by atoms with Crippen LogP contribution in [0.3, 0.4) is 0 Å². The number of carbonyl (C=O) groups is 1. The van der Waals surface area contributed by atoms with Gasteiger partial charge in [0.15, 0.2) is 0 Å². The van der Waals surface area contributed by atoms with Crippen LogP contribution in [-0.4, -0.2) is 22.1 Å². The number of rotatable bonds is 13. The van der Waals surface area contributed by atoms with E-state index >= 15 is 0 Å². The van der Waals surface area contributed by atoms with E-state index in [9.17, 15) is 4.79 Å². The van der Waals surface area contributed by atoms with Gasteiger partial charge in [0.2, 0.25) is 17.6 Å². The molecule has 2 aromatic rings. The van der Waals surface area contributed by atoms with Gasteiger partial charge in [0, 0.05) is 5.56 Å². The monoisotopic (exact) mass is 386 g/mol. The third-order valence-corrected chi connectivity index (χ3v) is 4.83. The van der Waals surface area contributed by atoms with E-state index in [1.165, 1.54) is 56.9 Å². The van der Waals surface area contributed by atoms with Crippen molar-refractivity contribution in [1.29, 1.82) is 0 Å². The molecular weight excluding hydrogens is 352 g/mol. The molecule has 28 heavy (non-hydrogen) atoms. The Hall–Kier alpha value is -2.21. The van der Waals surface area contributed by atoms with Crippen molar-refractivity contribution in [2.75, 3.05) is 0 Å². The minimum atomic E-state index is -0.559. The van der Waals surface area contributed by atoms with Gasteiger partial charge in [-0.1, -0.05) is 81.3 Å². The van der Waals surface area contributed by atoms with Gasteiger partial charge in [0.05, 0.1) is 12.6 Å². The predicted octanol–water partition coefficient (Wildman–Crippen LogP) is 4.38. The Kier molecular flexibility index (Phi) is 9.69. The summed E-state index contributed by atoms with van der Waals surface area (Å²) in [5.74, 6) is 0.653. The van der Waals surface area contributed by atoms with Crippen LogP contribution in [0.5, 0.6) is 0 Å². The summed E-state index contributed by atoms with van der Waals surface area (Å²) in [6.45, 7) is 4.07. The molecule has 1 heterocycles. The number of aryl methyl sites for hydroxylation is 1. The molecule has 1 amide bonds. The van der Waals surface area contributed by atoms with Crippen molar-refractivity contribution in [3.63, 3.8) is 0 Å². The summed E-state index contributed by atoms with van der Waals surface area (Å²) in [5, 5.41) is 6.65. The van der Waals surface area contributed by atoms with Crippen molar-refractivity contribution in [2.45, 2.75) is 84.2 Å². The van der Waals surface area contributed by atoms with Crippen LogP contribution in [0, 0.1) is 0 Å². The maximum atomic E-state index is 11.5. The summed E-state index contributed by atoms with van der Waals surface area (Å²) in [7, 11) is 0. The molecule has 1 atom stereocenters. The molecule has 0 saturated heterocycles. The molecule has 0 saturated carbocycles. The first kappa shape index (κ1) is 22.1. The molecule has 0 fully saturated rings. The van der Waals surface area contributed by atoms with Gasteiger partial charge in [-0.05, 0) is 25.3 Å². The van der Waals surface area contributed by atoms with Gasteiger partial charge in [-0.15, -0.1) is 0 Å². The fourth-order valence-corrected chi connectivity index (χ4v) is 3.05. The lowest BCUT2D eigenvalue weighted by Crippen LogP contribution is -2.37. The zero-order chi connectivity index (χ0) is 20.2. The van der Waals surface area contributed by atoms with E-state index < -0.39 is 6.04 Å². The molecule has 0 aliphatic rings. The Labute approximate surface area is 168 Å². The minimum absolute atomic E-state index is 0.184. The molecule has 1 aromatic heterocycles. The first-order chi connectivity index (χ1) is 13.6. The van der Waals surface area contributed by atoms with Crippen molar-refractivity contribution >= 4 is 5.91 Å². The van der Waals surface area contributed by atoms with Gasteiger partial charge >= 0.3 is 0 Å². The predicted molar refractivity (Wildman–Crippen MR) is 112 cm³/mol. The van der Waals surface area contributed by atoms with E-state index in [1.807, 2.05) is 12.1 Å². The summed E-state index contributed by atoms with van der Waals surface area (Å²) >= 11 is 0. The molecule has 0 spiro atoms. The summed E-state index contributed by atoms with van der Waals surface area (Å²) in [4.78, 5) is 15.8. The molecule has 2 rings (SSSR count). The molecular formula is C22H34N4O2. The smallest absolute Gasteiger partial charge is 0.246 e. The van der Waals surface area contributed by atoms with Gasteiger partial charge in [-0.3, -0.25) is 4.79 Å². The topological polar surface area (TPSA) is 94.0 Å². The Morgan fingerprint density at radius 2 is 1.71 bits per heavy atom. The number of hydrogen-bond acceptors (Lipinski definition) is 5. The number of benzene rings is 1. The van der Waals surface area contributed by atoms with Crippen molar-refractivity contribution in [3.05, 3.63) is 35.7 Å². The second-order valence-electron chi connectivity index (χ2n) is 7.44. The van der Waals surface area contributed by atoms with Crippen molar-refractivity contribution in [2.24, 2.45) is 5.73 Å². The summed E-state index contributed by atoms with van der Waals surface area (Å²) < 4.78 is 5.19.